The number of rotatable bonds is 5. The Balaban J connectivity index is 2.17. The Morgan fingerprint density at radius 2 is 1.81 bits per heavy atom. The van der Waals surface area contributed by atoms with E-state index in [-0.39, 0.29) is 0 Å². The Hall–Kier alpha value is -2.65. The number of hydrogen-bond donors (Lipinski definition) is 1. The lowest BCUT2D eigenvalue weighted by Gasteiger charge is -2.12. The van der Waals surface area contributed by atoms with Gasteiger partial charge in [0.2, 0.25) is 0 Å². The van der Waals surface area contributed by atoms with E-state index in [2.05, 4.69) is 10.3 Å². The summed E-state index contributed by atoms with van der Waals surface area (Å²) >= 11 is 0. The first-order valence-electron chi connectivity index (χ1n) is 7.92. The second-order valence-electron chi connectivity index (χ2n) is 5.84. The van der Waals surface area contributed by atoms with Gasteiger partial charge in [-0.1, -0.05) is 30.3 Å². The van der Waals surface area contributed by atoms with Crippen molar-refractivity contribution in [2.45, 2.75) is 17.6 Å². The van der Waals surface area contributed by atoms with Gasteiger partial charge in [0.25, 0.3) is 10.0 Å². The lowest BCUT2D eigenvalue weighted by molar-refractivity contribution is -0.138. The predicted molar refractivity (Wildman–Crippen MR) is 94.5 cm³/mol. The van der Waals surface area contributed by atoms with Crippen LogP contribution in [-0.2, 0) is 22.7 Å². The molecule has 3 aromatic rings. The van der Waals surface area contributed by atoms with Gasteiger partial charge in [-0.15, -0.1) is 0 Å². The van der Waals surface area contributed by atoms with Crippen LogP contribution in [0.3, 0.4) is 0 Å². The summed E-state index contributed by atoms with van der Waals surface area (Å²) in [4.78, 5) is 2.94. The van der Waals surface area contributed by atoms with Gasteiger partial charge in [-0.05, 0) is 30.3 Å². The highest BCUT2D eigenvalue weighted by atomic mass is 32.2. The fourth-order valence-electron chi connectivity index (χ4n) is 2.64. The van der Waals surface area contributed by atoms with Crippen LogP contribution in [0.5, 0.6) is 0 Å². The van der Waals surface area contributed by atoms with Gasteiger partial charge in [0.1, 0.15) is 4.90 Å². The van der Waals surface area contributed by atoms with Crippen LogP contribution < -0.4 is 5.32 Å². The number of nitrogens with zero attached hydrogens (tertiary/aromatic N) is 2. The topological polar surface area (TPSA) is 64.0 Å². The van der Waals surface area contributed by atoms with Gasteiger partial charge in [-0.2, -0.15) is 13.2 Å². The van der Waals surface area contributed by atoms with Crippen LogP contribution in [0.2, 0.25) is 0 Å². The molecule has 0 spiro atoms. The van der Waals surface area contributed by atoms with Gasteiger partial charge >= 0.3 is 6.18 Å². The lowest BCUT2D eigenvalue weighted by atomic mass is 10.1. The molecule has 0 saturated carbocycles. The molecular formula is C18H16F3N3O2S. The van der Waals surface area contributed by atoms with Crippen molar-refractivity contribution in [2.24, 2.45) is 0 Å². The smallest absolute Gasteiger partial charge is 0.316 e. The quantitative estimate of drug-likeness (QED) is 0.718. The zero-order chi connectivity index (χ0) is 19.7. The number of aromatic nitrogens is 2. The molecule has 142 valence electrons. The zero-order valence-corrected chi connectivity index (χ0v) is 15.1. The summed E-state index contributed by atoms with van der Waals surface area (Å²) in [6.07, 6.45) is -1.78. The summed E-state index contributed by atoms with van der Waals surface area (Å²) in [6.45, 7) is 0.406. The van der Waals surface area contributed by atoms with Crippen LogP contribution in [0, 0.1) is 0 Å². The molecule has 2 heterocycles. The molecule has 5 nitrogen and oxygen atoms in total. The number of nitrogens with one attached hydrogen (secondary N) is 1. The summed E-state index contributed by atoms with van der Waals surface area (Å²) in [5, 5.41) is 2.93. The van der Waals surface area contributed by atoms with E-state index in [1.807, 2.05) is 0 Å². The Morgan fingerprint density at radius 3 is 2.44 bits per heavy atom. The summed E-state index contributed by atoms with van der Waals surface area (Å²) in [6, 6.07) is 11.0. The molecule has 1 aromatic carbocycles. The Bertz CT molecular complexity index is 1050. The van der Waals surface area contributed by atoms with Crippen molar-refractivity contribution in [3.05, 3.63) is 72.2 Å². The van der Waals surface area contributed by atoms with E-state index in [1.54, 1.807) is 43.4 Å². The monoisotopic (exact) mass is 395 g/mol. The van der Waals surface area contributed by atoms with Gasteiger partial charge in [0.15, 0.2) is 0 Å². The molecule has 0 atom stereocenters. The van der Waals surface area contributed by atoms with Gasteiger partial charge in [0.05, 0.1) is 11.3 Å². The summed E-state index contributed by atoms with van der Waals surface area (Å²) < 4.78 is 66.0. The number of hydrogen-bond acceptors (Lipinski definition) is 4. The molecule has 0 aliphatic carbocycles. The molecule has 27 heavy (non-hydrogen) atoms. The first kappa shape index (κ1) is 19.1. The highest BCUT2D eigenvalue weighted by molar-refractivity contribution is 7.90. The molecule has 0 unspecified atom stereocenters. The highest BCUT2D eigenvalue weighted by Gasteiger charge is 2.33. The zero-order valence-electron chi connectivity index (χ0n) is 14.2. The van der Waals surface area contributed by atoms with Crippen molar-refractivity contribution < 1.29 is 21.6 Å². The summed E-state index contributed by atoms with van der Waals surface area (Å²) in [5.41, 5.74) is 0.550. The van der Waals surface area contributed by atoms with E-state index in [1.165, 1.54) is 6.20 Å². The minimum Gasteiger partial charge on any atom is -0.316 e. The average molecular weight is 395 g/mol. The van der Waals surface area contributed by atoms with Crippen molar-refractivity contribution in [3.63, 3.8) is 0 Å². The van der Waals surface area contributed by atoms with Gasteiger partial charge < -0.3 is 5.32 Å². The van der Waals surface area contributed by atoms with E-state index < -0.39 is 26.7 Å². The normalized spacial score (nSPS) is 12.3. The molecule has 0 aliphatic heterocycles. The first-order valence-corrected chi connectivity index (χ1v) is 9.36. The van der Waals surface area contributed by atoms with Crippen molar-refractivity contribution in [2.75, 3.05) is 7.05 Å². The number of pyridine rings is 1. The lowest BCUT2D eigenvalue weighted by Crippen LogP contribution is -2.15. The Kier molecular flexibility index (Phi) is 5.07. The van der Waals surface area contributed by atoms with Crippen molar-refractivity contribution >= 4 is 10.0 Å². The van der Waals surface area contributed by atoms with Crippen LogP contribution >= 0.6 is 0 Å². The fraction of sp³-hybridized carbons (Fsp3) is 0.167. The number of benzene rings is 1. The molecule has 2 aromatic heterocycles. The highest BCUT2D eigenvalue weighted by Crippen LogP contribution is 2.32. The van der Waals surface area contributed by atoms with E-state index in [4.69, 9.17) is 0 Å². The molecule has 3 rings (SSSR count). The van der Waals surface area contributed by atoms with E-state index >= 15 is 0 Å². The largest absolute Gasteiger partial charge is 0.417 e. The maximum Gasteiger partial charge on any atom is 0.417 e. The molecule has 0 fully saturated rings. The standard InChI is InChI=1S/C18H16F3N3O2S/c1-22-9-13-7-17(14-5-3-2-4-6-14)24(12-13)27(25,26)16-8-15(10-23-11-16)18(19,20)21/h2-8,10-12,22H,9H2,1H3. The van der Waals surface area contributed by atoms with Crippen LogP contribution in [0.15, 0.2) is 66.0 Å². The minimum absolute atomic E-state index is 0.360. The van der Waals surface area contributed by atoms with Crippen LogP contribution in [0.1, 0.15) is 11.1 Å². The van der Waals surface area contributed by atoms with Crippen LogP contribution in [0.25, 0.3) is 11.3 Å². The van der Waals surface area contributed by atoms with Crippen molar-refractivity contribution in [1.29, 1.82) is 0 Å². The molecule has 0 amide bonds. The maximum atomic E-state index is 13.1. The summed E-state index contributed by atoms with van der Waals surface area (Å²) in [7, 11) is -2.56. The van der Waals surface area contributed by atoms with E-state index in [9.17, 15) is 21.6 Å². The Morgan fingerprint density at radius 1 is 1.11 bits per heavy atom. The second kappa shape index (κ2) is 7.16. The van der Waals surface area contributed by atoms with Crippen molar-refractivity contribution in [1.82, 2.24) is 14.3 Å². The SMILES string of the molecule is CNCc1cc(-c2ccccc2)n(S(=O)(=O)c2cncc(C(F)(F)F)c2)c1. The third kappa shape index (κ3) is 3.88. The van der Waals surface area contributed by atoms with Gasteiger partial charge in [0, 0.05) is 25.1 Å². The van der Waals surface area contributed by atoms with Crippen LogP contribution in [0.4, 0.5) is 13.2 Å². The average Bonchev–Trinajstić information content (AvgIpc) is 3.07. The maximum absolute atomic E-state index is 13.1. The number of alkyl halides is 3. The molecule has 1 N–H and O–H groups in total. The second-order valence-corrected chi connectivity index (χ2v) is 7.65. The molecule has 0 aliphatic rings. The summed E-state index contributed by atoms with van der Waals surface area (Å²) in [5.74, 6) is 0. The van der Waals surface area contributed by atoms with E-state index in [0.29, 0.717) is 35.6 Å². The molecular weight excluding hydrogens is 379 g/mol. The Labute approximate surface area is 154 Å². The third-order valence-corrected chi connectivity index (χ3v) is 5.53. The van der Waals surface area contributed by atoms with Crippen LogP contribution in [-0.4, -0.2) is 24.4 Å². The number of halogens is 3. The molecule has 0 radical (unpaired) electrons. The predicted octanol–water partition coefficient (Wildman–Crippen LogP) is 3.53. The molecule has 0 bridgehead atoms. The van der Waals surface area contributed by atoms with Gasteiger partial charge in [-0.3, -0.25) is 4.98 Å². The molecule has 0 saturated heterocycles. The first-order chi connectivity index (χ1) is 12.7. The van der Waals surface area contributed by atoms with Crippen molar-refractivity contribution in [3.8, 4) is 11.3 Å². The third-order valence-electron chi connectivity index (χ3n) is 3.89. The molecule has 9 heteroatoms. The van der Waals surface area contributed by atoms with E-state index in [0.717, 1.165) is 10.2 Å². The minimum atomic E-state index is -4.69. The fourth-order valence-corrected chi connectivity index (χ4v) is 4.03. The van der Waals surface area contributed by atoms with Gasteiger partial charge in [-0.25, -0.2) is 12.4 Å².